The van der Waals surface area contributed by atoms with Crippen LogP contribution in [0.3, 0.4) is 0 Å². The maximum atomic E-state index is 11.3. The van der Waals surface area contributed by atoms with Crippen molar-refractivity contribution < 1.29 is 13.5 Å². The molecular weight excluding hydrogens is 240 g/mol. The zero-order valence-electron chi connectivity index (χ0n) is 9.55. The molecule has 4 N–H and O–H groups in total. The number of anilines is 2. The second-order valence-corrected chi connectivity index (χ2v) is 6.50. The average molecular weight is 256 g/mol. The van der Waals surface area contributed by atoms with Crippen molar-refractivity contribution in [2.45, 2.75) is 29.9 Å². The summed E-state index contributed by atoms with van der Waals surface area (Å²) in [7, 11) is -3.22. The van der Waals surface area contributed by atoms with Gasteiger partial charge in [0.25, 0.3) is 0 Å². The van der Waals surface area contributed by atoms with Crippen molar-refractivity contribution in [2.24, 2.45) is 0 Å². The molecule has 0 saturated heterocycles. The Hall–Kier alpha value is -1.27. The molecule has 0 aliphatic heterocycles. The molecule has 0 amide bonds. The highest BCUT2D eigenvalue weighted by Crippen LogP contribution is 2.28. The molecule has 5 nitrogen and oxygen atoms in total. The van der Waals surface area contributed by atoms with Crippen LogP contribution in [0.2, 0.25) is 0 Å². The van der Waals surface area contributed by atoms with Gasteiger partial charge in [0.1, 0.15) is 0 Å². The van der Waals surface area contributed by atoms with Crippen LogP contribution in [0.15, 0.2) is 23.1 Å². The van der Waals surface area contributed by atoms with Gasteiger partial charge >= 0.3 is 0 Å². The Morgan fingerprint density at radius 3 is 2.53 bits per heavy atom. The van der Waals surface area contributed by atoms with E-state index in [1.807, 2.05) is 0 Å². The van der Waals surface area contributed by atoms with Gasteiger partial charge in [-0.2, -0.15) is 0 Å². The van der Waals surface area contributed by atoms with E-state index in [2.05, 4.69) is 5.32 Å². The lowest BCUT2D eigenvalue weighted by Crippen LogP contribution is -2.39. The van der Waals surface area contributed by atoms with Crippen LogP contribution in [0.5, 0.6) is 0 Å². The first kappa shape index (κ1) is 12.2. The van der Waals surface area contributed by atoms with Crippen molar-refractivity contribution in [3.8, 4) is 0 Å². The molecule has 17 heavy (non-hydrogen) atoms. The minimum Gasteiger partial charge on any atom is -0.397 e. The van der Waals surface area contributed by atoms with Gasteiger partial charge in [0.05, 0.1) is 22.4 Å². The SMILES string of the molecule is CS(=O)(=O)c1ccc(NC2CC(O)C2)c(N)c1. The van der Waals surface area contributed by atoms with Gasteiger partial charge in [0, 0.05) is 12.3 Å². The molecule has 1 aliphatic rings. The third kappa shape index (κ3) is 2.70. The number of aliphatic hydroxyl groups is 1. The summed E-state index contributed by atoms with van der Waals surface area (Å²) in [6.45, 7) is 0. The Bertz CT molecular complexity index is 522. The van der Waals surface area contributed by atoms with E-state index < -0.39 is 9.84 Å². The topological polar surface area (TPSA) is 92.4 Å². The lowest BCUT2D eigenvalue weighted by atomic mass is 9.89. The van der Waals surface area contributed by atoms with Crippen LogP contribution < -0.4 is 11.1 Å². The summed E-state index contributed by atoms with van der Waals surface area (Å²) >= 11 is 0. The van der Waals surface area contributed by atoms with Gasteiger partial charge in [-0.25, -0.2) is 8.42 Å². The Balaban J connectivity index is 2.15. The van der Waals surface area contributed by atoms with Crippen LogP contribution in [0.25, 0.3) is 0 Å². The molecule has 1 aromatic rings. The van der Waals surface area contributed by atoms with Gasteiger partial charge in [-0.3, -0.25) is 0 Å². The fraction of sp³-hybridized carbons (Fsp3) is 0.455. The lowest BCUT2D eigenvalue weighted by molar-refractivity contribution is 0.0837. The quantitative estimate of drug-likeness (QED) is 0.689. The minimum absolute atomic E-state index is 0.217. The second kappa shape index (κ2) is 4.19. The molecule has 0 bridgehead atoms. The molecular formula is C11H16N2O3S. The highest BCUT2D eigenvalue weighted by atomic mass is 32.2. The van der Waals surface area contributed by atoms with Crippen LogP contribution in [0, 0.1) is 0 Å². The molecule has 0 unspecified atom stereocenters. The number of nitrogens with one attached hydrogen (secondary N) is 1. The molecule has 0 heterocycles. The summed E-state index contributed by atoms with van der Waals surface area (Å²) in [5, 5.41) is 12.3. The fourth-order valence-corrected chi connectivity index (χ4v) is 2.48. The van der Waals surface area contributed by atoms with Crippen LogP contribution in [0.1, 0.15) is 12.8 Å². The number of nitrogens with two attached hydrogens (primary N) is 1. The molecule has 94 valence electrons. The number of rotatable bonds is 3. The summed E-state index contributed by atoms with van der Waals surface area (Å²) in [6.07, 6.45) is 2.32. The maximum absolute atomic E-state index is 11.3. The second-order valence-electron chi connectivity index (χ2n) is 4.49. The van der Waals surface area contributed by atoms with E-state index in [1.54, 1.807) is 6.07 Å². The van der Waals surface area contributed by atoms with Crippen molar-refractivity contribution in [3.63, 3.8) is 0 Å². The van der Waals surface area contributed by atoms with Crippen molar-refractivity contribution >= 4 is 21.2 Å². The van der Waals surface area contributed by atoms with E-state index in [-0.39, 0.29) is 17.0 Å². The Labute approximate surface area is 101 Å². The van der Waals surface area contributed by atoms with Crippen molar-refractivity contribution in [2.75, 3.05) is 17.3 Å². The van der Waals surface area contributed by atoms with E-state index in [0.717, 1.165) is 6.26 Å². The standard InChI is InChI=1S/C11H16N2O3S/c1-17(15,16)9-2-3-11(10(12)6-9)13-7-4-8(14)5-7/h2-3,6-8,13-14H,4-5,12H2,1H3. The normalized spacial score (nSPS) is 24.1. The van der Waals surface area contributed by atoms with Crippen molar-refractivity contribution in [1.82, 2.24) is 0 Å². The summed E-state index contributed by atoms with van der Waals surface area (Å²) in [4.78, 5) is 0.217. The van der Waals surface area contributed by atoms with E-state index >= 15 is 0 Å². The molecule has 1 aliphatic carbocycles. The van der Waals surface area contributed by atoms with E-state index in [0.29, 0.717) is 24.2 Å². The first-order valence-corrected chi connectivity index (χ1v) is 7.29. The molecule has 6 heteroatoms. The van der Waals surface area contributed by atoms with Gasteiger partial charge in [-0.05, 0) is 31.0 Å². The van der Waals surface area contributed by atoms with E-state index in [4.69, 9.17) is 10.8 Å². The van der Waals surface area contributed by atoms with Crippen LogP contribution in [0.4, 0.5) is 11.4 Å². The number of benzene rings is 1. The summed E-state index contributed by atoms with van der Waals surface area (Å²) in [5.74, 6) is 0. The number of hydrogen-bond donors (Lipinski definition) is 3. The number of aliphatic hydroxyl groups excluding tert-OH is 1. The molecule has 1 saturated carbocycles. The highest BCUT2D eigenvalue weighted by molar-refractivity contribution is 7.90. The first-order valence-electron chi connectivity index (χ1n) is 5.40. The predicted molar refractivity (Wildman–Crippen MR) is 66.6 cm³/mol. The average Bonchev–Trinajstić information content (AvgIpc) is 2.16. The van der Waals surface area contributed by atoms with Gasteiger partial charge in [-0.15, -0.1) is 0 Å². The molecule has 1 aromatic carbocycles. The zero-order chi connectivity index (χ0) is 12.6. The number of hydrogen-bond acceptors (Lipinski definition) is 5. The van der Waals surface area contributed by atoms with E-state index in [1.165, 1.54) is 12.1 Å². The maximum Gasteiger partial charge on any atom is 0.175 e. The predicted octanol–water partition coefficient (Wildman–Crippen LogP) is 0.608. The molecule has 0 radical (unpaired) electrons. The summed E-state index contributed by atoms with van der Waals surface area (Å²) < 4.78 is 22.6. The Morgan fingerprint density at radius 1 is 1.41 bits per heavy atom. The minimum atomic E-state index is -3.22. The Kier molecular flexibility index (Phi) is 3.01. The highest BCUT2D eigenvalue weighted by Gasteiger charge is 2.27. The number of sulfone groups is 1. The van der Waals surface area contributed by atoms with E-state index in [9.17, 15) is 8.42 Å². The Morgan fingerprint density at radius 2 is 2.06 bits per heavy atom. The molecule has 0 atom stereocenters. The van der Waals surface area contributed by atoms with Crippen molar-refractivity contribution in [1.29, 1.82) is 0 Å². The number of nitrogen functional groups attached to an aromatic ring is 1. The van der Waals surface area contributed by atoms with Gasteiger partial charge in [-0.1, -0.05) is 0 Å². The summed E-state index contributed by atoms with van der Waals surface area (Å²) in [5.41, 5.74) is 6.92. The van der Waals surface area contributed by atoms with Gasteiger partial charge in [0.15, 0.2) is 9.84 Å². The fourth-order valence-electron chi connectivity index (χ4n) is 1.83. The third-order valence-corrected chi connectivity index (χ3v) is 4.03. The molecule has 0 spiro atoms. The third-order valence-electron chi connectivity index (χ3n) is 2.92. The van der Waals surface area contributed by atoms with Gasteiger partial charge in [0.2, 0.25) is 0 Å². The molecule has 0 aromatic heterocycles. The van der Waals surface area contributed by atoms with Crippen molar-refractivity contribution in [3.05, 3.63) is 18.2 Å². The lowest BCUT2D eigenvalue weighted by Gasteiger charge is -2.33. The molecule has 1 fully saturated rings. The molecule has 2 rings (SSSR count). The zero-order valence-corrected chi connectivity index (χ0v) is 10.4. The largest absolute Gasteiger partial charge is 0.397 e. The van der Waals surface area contributed by atoms with Crippen LogP contribution >= 0.6 is 0 Å². The first-order chi connectivity index (χ1) is 7.86. The van der Waals surface area contributed by atoms with Crippen LogP contribution in [-0.2, 0) is 9.84 Å². The smallest absolute Gasteiger partial charge is 0.175 e. The van der Waals surface area contributed by atoms with Gasteiger partial charge < -0.3 is 16.2 Å². The summed E-state index contributed by atoms with van der Waals surface area (Å²) in [6, 6.07) is 4.86. The monoisotopic (exact) mass is 256 g/mol. The van der Waals surface area contributed by atoms with Crippen LogP contribution in [-0.4, -0.2) is 31.9 Å².